The van der Waals surface area contributed by atoms with Crippen LogP contribution in [0.5, 0.6) is 34.5 Å². The molecule has 0 atom stereocenters. The first-order valence-corrected chi connectivity index (χ1v) is 35.8. The summed E-state index contributed by atoms with van der Waals surface area (Å²) in [5.41, 5.74) is 14.2. The highest BCUT2D eigenvalue weighted by Gasteiger charge is 2.35. The fraction of sp³-hybridized carbons (Fsp3) is 0.191. The topological polar surface area (TPSA) is 190 Å². The first kappa shape index (κ1) is 78.7. The minimum absolute atomic E-state index is 0.223. The fourth-order valence-corrected chi connectivity index (χ4v) is 13.0. The number of aromatic hydroxyl groups is 3. The number of rotatable bonds is 21. The van der Waals surface area contributed by atoms with Gasteiger partial charge in [-0.3, -0.25) is 0 Å². The second kappa shape index (κ2) is 33.7. The summed E-state index contributed by atoms with van der Waals surface area (Å²) in [6.07, 6.45) is 0. The van der Waals surface area contributed by atoms with Crippen LogP contribution in [0.1, 0.15) is 139 Å². The first-order valence-electron chi connectivity index (χ1n) is 35.8. The molecule has 0 fully saturated rings. The lowest BCUT2D eigenvalue weighted by molar-refractivity contribution is 0.0692. The monoisotopic (exact) mass is 1450 g/mol. The summed E-state index contributed by atoms with van der Waals surface area (Å²) in [6, 6.07) is 90.8. The Balaban J connectivity index is 0.000000235. The Hall–Kier alpha value is -12.9. The van der Waals surface area contributed by atoms with E-state index in [4.69, 9.17) is 19.3 Å². The molecule has 109 heavy (non-hydrogen) atoms. The number of aromatic carboxylic acids is 1. The van der Waals surface area contributed by atoms with E-state index < -0.39 is 40.1 Å². The second-order valence-electron chi connectivity index (χ2n) is 29.1. The van der Waals surface area contributed by atoms with Crippen LogP contribution in [0.2, 0.25) is 0 Å². The molecule has 12 aromatic carbocycles. The Bertz CT molecular complexity index is 4960. The third kappa shape index (κ3) is 18.5. The first-order chi connectivity index (χ1) is 51.8. The Labute approximate surface area is 639 Å². The van der Waals surface area contributed by atoms with Gasteiger partial charge >= 0.3 is 23.9 Å². The maximum atomic E-state index is 13.2. The number of hydrogen-bond donors (Lipinski definition) is 4. The molecule has 0 saturated heterocycles. The van der Waals surface area contributed by atoms with E-state index in [0.717, 1.165) is 72.8 Å². The molecule has 0 bridgehead atoms. The van der Waals surface area contributed by atoms with Crippen LogP contribution in [0.25, 0.3) is 0 Å². The van der Waals surface area contributed by atoms with E-state index in [1.165, 1.54) is 5.56 Å². The molecular weight excluding hydrogens is 1360 g/mol. The number of carbonyl (C=O) groups excluding carboxylic acids is 3. The molecule has 4 N–H and O–H groups in total. The van der Waals surface area contributed by atoms with Crippen LogP contribution in [0, 0.1) is 0 Å². The Morgan fingerprint density at radius 1 is 0.257 bits per heavy atom. The molecule has 15 heteroatoms. The van der Waals surface area contributed by atoms with Crippen molar-refractivity contribution in [2.45, 2.75) is 63.2 Å². The number of nitrogens with zero attached hydrogens (tertiary/aromatic N) is 4. The van der Waals surface area contributed by atoms with Crippen molar-refractivity contribution < 1.29 is 53.8 Å². The number of anilines is 4. The molecule has 0 aliphatic rings. The molecule has 12 rings (SSSR count). The summed E-state index contributed by atoms with van der Waals surface area (Å²) in [6.45, 7) is 13.0. The zero-order valence-electron chi connectivity index (χ0n) is 64.1. The molecule has 0 amide bonds. The maximum absolute atomic E-state index is 13.2. The lowest BCUT2D eigenvalue weighted by Crippen LogP contribution is -2.26. The van der Waals surface area contributed by atoms with Gasteiger partial charge in [-0.25, -0.2) is 19.2 Å². The number of ether oxygens (including phenoxy) is 3. The molecule has 0 aromatic heterocycles. The molecule has 0 saturated carbocycles. The van der Waals surface area contributed by atoms with Crippen LogP contribution in [-0.4, -0.2) is 101 Å². The zero-order chi connectivity index (χ0) is 78.5. The van der Waals surface area contributed by atoms with Gasteiger partial charge in [0.15, 0.2) is 0 Å². The number of carboxylic acids is 1. The van der Waals surface area contributed by atoms with Crippen molar-refractivity contribution in [3.63, 3.8) is 0 Å². The predicted octanol–water partition coefficient (Wildman–Crippen LogP) is 19.2. The Morgan fingerprint density at radius 3 is 0.670 bits per heavy atom. The summed E-state index contributed by atoms with van der Waals surface area (Å²) in [4.78, 5) is 57.7. The Kier molecular flexibility index (Phi) is 24.3. The summed E-state index contributed by atoms with van der Waals surface area (Å²) >= 11 is 0. The minimum atomic E-state index is -0.890. The van der Waals surface area contributed by atoms with Gasteiger partial charge in [0.25, 0.3) is 0 Å². The van der Waals surface area contributed by atoms with Gasteiger partial charge in [-0.2, -0.15) is 0 Å². The standard InChI is InChI=1S/C56H55N3O6.C29H28O3.C9H11NO2/c1-55(2,42-23-29-49(30-24-42)63-52(60)38-13-10-16-46(35-38)57(4)5)41-19-21-43(22-20-41)56(3,44-25-31-50(32-26-44)64-53(61)39-14-11-17-47(36-39)58(6)7)45-27-33-51(34-28-45)65-54(62)40-15-12-18-48(37-40)59(8)9;1-28(2,21-8-14-25(30)15-9-21)20-4-6-22(7-5-20)29(3,23-10-16-26(31)17-11-23)24-12-18-27(32)19-13-24;1-10(2)8-5-3-4-7(6-8)9(11)12/h10-37H,1-9H3;4-19,30-32H,1-3H3;3-6H,1-2H3,(H,11,12). The number of carboxylic acid groups (broad SMARTS) is 1. The number of hydrogen-bond acceptors (Lipinski definition) is 14. The lowest BCUT2D eigenvalue weighted by atomic mass is 9.70. The van der Waals surface area contributed by atoms with Crippen LogP contribution in [0.15, 0.2) is 291 Å². The second-order valence-corrected chi connectivity index (χ2v) is 29.1. The molecule has 0 aliphatic carbocycles. The van der Waals surface area contributed by atoms with Gasteiger partial charge in [-0.05, 0) is 215 Å². The fourth-order valence-electron chi connectivity index (χ4n) is 13.0. The summed E-state index contributed by atoms with van der Waals surface area (Å²) in [5.74, 6) is -0.151. The van der Waals surface area contributed by atoms with Gasteiger partial charge in [-0.15, -0.1) is 0 Å². The van der Waals surface area contributed by atoms with Crippen molar-refractivity contribution in [1.82, 2.24) is 0 Å². The van der Waals surface area contributed by atoms with Gasteiger partial charge in [0.1, 0.15) is 34.5 Å². The zero-order valence-corrected chi connectivity index (χ0v) is 64.1. The molecule has 556 valence electrons. The maximum Gasteiger partial charge on any atom is 0.343 e. The highest BCUT2D eigenvalue weighted by atomic mass is 16.5. The van der Waals surface area contributed by atoms with Crippen molar-refractivity contribution in [1.29, 1.82) is 0 Å². The minimum Gasteiger partial charge on any atom is -0.508 e. The SMILES string of the molecule is CC(C)(c1ccc(O)cc1)c1ccc(C(C)(c2ccc(O)cc2)c2ccc(O)cc2)cc1.CN(C)c1cccc(C(=O)O)c1.CN(C)c1cccc(C(=O)Oc2ccc(C(C)(C)c3ccc(C(C)(c4ccc(OC(=O)c5cccc(N(C)C)c5)cc4)c4ccc(OC(=O)c5cccc(N(C)C)c5)cc4)cc3)cc2)c1. The molecule has 0 spiro atoms. The highest BCUT2D eigenvalue weighted by molar-refractivity contribution is 5.94. The van der Waals surface area contributed by atoms with Crippen molar-refractivity contribution in [2.24, 2.45) is 0 Å². The van der Waals surface area contributed by atoms with Crippen LogP contribution >= 0.6 is 0 Å². The predicted molar refractivity (Wildman–Crippen MR) is 437 cm³/mol. The number of phenolic OH excluding ortho intramolecular Hbond substituents is 3. The number of esters is 3. The number of phenols is 3. The molecule has 15 nitrogen and oxygen atoms in total. The van der Waals surface area contributed by atoms with Gasteiger partial charge in [0.05, 0.1) is 22.3 Å². The van der Waals surface area contributed by atoms with Crippen LogP contribution in [-0.2, 0) is 21.7 Å². The smallest absolute Gasteiger partial charge is 0.343 e. The van der Waals surface area contributed by atoms with E-state index in [9.17, 15) is 34.5 Å². The summed E-state index contributed by atoms with van der Waals surface area (Å²) in [5, 5.41) is 37.9. The summed E-state index contributed by atoms with van der Waals surface area (Å²) < 4.78 is 17.4. The molecule has 12 aromatic rings. The van der Waals surface area contributed by atoms with E-state index in [-0.39, 0.29) is 22.7 Å². The average Bonchev–Trinajstić information content (AvgIpc) is 0.765. The Morgan fingerprint density at radius 2 is 0.440 bits per heavy atom. The van der Waals surface area contributed by atoms with Crippen molar-refractivity contribution in [3.8, 4) is 34.5 Å². The normalized spacial score (nSPS) is 11.3. The van der Waals surface area contributed by atoms with E-state index in [2.05, 4.69) is 90.1 Å². The molecule has 0 unspecified atom stereocenters. The van der Waals surface area contributed by atoms with E-state index in [0.29, 0.717) is 39.5 Å². The van der Waals surface area contributed by atoms with Crippen LogP contribution in [0.3, 0.4) is 0 Å². The van der Waals surface area contributed by atoms with E-state index in [1.54, 1.807) is 84.9 Å². The van der Waals surface area contributed by atoms with Crippen molar-refractivity contribution in [2.75, 3.05) is 76.0 Å². The number of benzene rings is 12. The van der Waals surface area contributed by atoms with Gasteiger partial charge in [-0.1, -0.05) is 173 Å². The molecule has 0 heterocycles. The quantitative estimate of drug-likeness (QED) is 0.0302. The summed E-state index contributed by atoms with van der Waals surface area (Å²) in [7, 11) is 15.3. The van der Waals surface area contributed by atoms with Gasteiger partial charge in [0.2, 0.25) is 0 Å². The van der Waals surface area contributed by atoms with E-state index in [1.807, 2.05) is 234 Å². The van der Waals surface area contributed by atoms with E-state index >= 15 is 0 Å². The molecular formula is C94H94N4O11. The largest absolute Gasteiger partial charge is 0.508 e. The van der Waals surface area contributed by atoms with Crippen LogP contribution in [0.4, 0.5) is 22.7 Å². The molecule has 0 aliphatic heterocycles. The number of carbonyl (C=O) groups is 4. The van der Waals surface area contributed by atoms with Gasteiger partial charge in [0, 0.05) is 101 Å². The van der Waals surface area contributed by atoms with Crippen molar-refractivity contribution >= 4 is 46.6 Å². The third-order valence-electron chi connectivity index (χ3n) is 20.3. The molecule has 0 radical (unpaired) electrons. The average molecular weight is 1460 g/mol. The third-order valence-corrected chi connectivity index (χ3v) is 20.3. The van der Waals surface area contributed by atoms with Crippen LogP contribution < -0.4 is 33.8 Å². The lowest BCUT2D eigenvalue weighted by Gasteiger charge is -2.33. The van der Waals surface area contributed by atoms with Gasteiger partial charge < -0.3 is 54.2 Å². The van der Waals surface area contributed by atoms with Crippen molar-refractivity contribution in [3.05, 3.63) is 369 Å². The highest BCUT2D eigenvalue weighted by Crippen LogP contribution is 2.44.